The number of aromatic nitrogens is 3. The average molecular weight is 182 g/mol. The van der Waals surface area contributed by atoms with Crippen LogP contribution in [0.25, 0.3) is 0 Å². The van der Waals surface area contributed by atoms with Crippen molar-refractivity contribution in [2.75, 3.05) is 6.54 Å². The molecule has 0 bridgehead atoms. The molecule has 1 heterocycles. The van der Waals surface area contributed by atoms with Gasteiger partial charge in [0.25, 0.3) is 0 Å². The van der Waals surface area contributed by atoms with E-state index in [1.165, 1.54) is 0 Å². The summed E-state index contributed by atoms with van der Waals surface area (Å²) in [6.45, 7) is 9.20. The summed E-state index contributed by atoms with van der Waals surface area (Å²) in [5.74, 6) is 1.92. The molecule has 0 aliphatic rings. The van der Waals surface area contributed by atoms with E-state index >= 15 is 0 Å². The van der Waals surface area contributed by atoms with E-state index in [9.17, 15) is 0 Å². The summed E-state index contributed by atoms with van der Waals surface area (Å²) in [5.41, 5.74) is -0.106. The zero-order valence-corrected chi connectivity index (χ0v) is 9.05. The molecule has 1 rings (SSSR count). The molecule has 0 aromatic carbocycles. The number of rotatable bonds is 3. The molecule has 0 unspecified atom stereocenters. The van der Waals surface area contributed by atoms with Gasteiger partial charge in [-0.2, -0.15) is 0 Å². The monoisotopic (exact) mass is 182 g/mol. The molecule has 0 radical (unpaired) electrons. The van der Waals surface area contributed by atoms with Gasteiger partial charge < -0.3 is 9.88 Å². The lowest BCUT2D eigenvalue weighted by Crippen LogP contribution is -2.38. The molecule has 0 saturated heterocycles. The van der Waals surface area contributed by atoms with Crippen molar-refractivity contribution in [3.63, 3.8) is 0 Å². The summed E-state index contributed by atoms with van der Waals surface area (Å²) in [7, 11) is 1.99. The average Bonchev–Trinajstić information content (AvgIpc) is 2.33. The van der Waals surface area contributed by atoms with Crippen molar-refractivity contribution in [3.05, 3.63) is 11.6 Å². The maximum absolute atomic E-state index is 4.16. The van der Waals surface area contributed by atoms with E-state index in [-0.39, 0.29) is 5.54 Å². The van der Waals surface area contributed by atoms with Crippen molar-refractivity contribution in [3.8, 4) is 0 Å². The third kappa shape index (κ3) is 1.88. The minimum absolute atomic E-state index is 0.106. The topological polar surface area (TPSA) is 42.7 Å². The van der Waals surface area contributed by atoms with Crippen LogP contribution in [0.4, 0.5) is 0 Å². The Morgan fingerprint density at radius 2 is 2.00 bits per heavy atom. The first kappa shape index (κ1) is 10.2. The van der Waals surface area contributed by atoms with Crippen LogP contribution in [0.5, 0.6) is 0 Å². The van der Waals surface area contributed by atoms with Gasteiger partial charge in [-0.05, 0) is 27.3 Å². The Morgan fingerprint density at radius 3 is 2.38 bits per heavy atom. The van der Waals surface area contributed by atoms with Gasteiger partial charge in [-0.3, -0.25) is 0 Å². The van der Waals surface area contributed by atoms with Crippen molar-refractivity contribution in [2.24, 2.45) is 7.05 Å². The molecule has 0 fully saturated rings. The Kier molecular flexibility index (Phi) is 2.71. The van der Waals surface area contributed by atoms with Crippen LogP contribution in [0.2, 0.25) is 0 Å². The lowest BCUT2D eigenvalue weighted by molar-refractivity contribution is 0.379. The van der Waals surface area contributed by atoms with Crippen LogP contribution in [0, 0.1) is 6.92 Å². The van der Waals surface area contributed by atoms with Gasteiger partial charge in [0.2, 0.25) is 0 Å². The molecule has 0 spiro atoms. The predicted molar refractivity (Wildman–Crippen MR) is 52.4 cm³/mol. The Morgan fingerprint density at radius 1 is 1.38 bits per heavy atom. The highest BCUT2D eigenvalue weighted by Gasteiger charge is 2.24. The fourth-order valence-electron chi connectivity index (χ4n) is 1.47. The molecule has 4 nitrogen and oxygen atoms in total. The SMILES string of the molecule is CCNC(C)(C)c1nnc(C)n1C. The molecule has 13 heavy (non-hydrogen) atoms. The second kappa shape index (κ2) is 3.46. The number of hydrogen-bond donors (Lipinski definition) is 1. The van der Waals surface area contributed by atoms with Crippen LogP contribution in [-0.2, 0) is 12.6 Å². The van der Waals surface area contributed by atoms with Crippen LogP contribution in [0.3, 0.4) is 0 Å². The Hall–Kier alpha value is -0.900. The standard InChI is InChI=1S/C9H18N4/c1-6-10-9(3,4)8-12-11-7(2)13(8)5/h10H,6H2,1-5H3. The predicted octanol–water partition coefficient (Wildman–Crippen LogP) is 0.968. The molecular weight excluding hydrogens is 164 g/mol. The number of hydrogen-bond acceptors (Lipinski definition) is 3. The van der Waals surface area contributed by atoms with Crippen molar-refractivity contribution in [2.45, 2.75) is 33.2 Å². The van der Waals surface area contributed by atoms with Gasteiger partial charge >= 0.3 is 0 Å². The molecule has 0 aliphatic carbocycles. The third-order valence-electron chi connectivity index (χ3n) is 2.27. The lowest BCUT2D eigenvalue weighted by Gasteiger charge is -2.24. The first-order valence-electron chi connectivity index (χ1n) is 4.60. The number of nitrogens with one attached hydrogen (secondary N) is 1. The van der Waals surface area contributed by atoms with Gasteiger partial charge in [-0.1, -0.05) is 6.92 Å². The molecule has 1 aromatic rings. The first-order valence-corrected chi connectivity index (χ1v) is 4.60. The smallest absolute Gasteiger partial charge is 0.152 e. The van der Waals surface area contributed by atoms with Crippen molar-refractivity contribution >= 4 is 0 Å². The maximum Gasteiger partial charge on any atom is 0.152 e. The second-order valence-corrected chi connectivity index (χ2v) is 3.79. The normalized spacial score (nSPS) is 12.1. The van der Waals surface area contributed by atoms with Gasteiger partial charge in [-0.25, -0.2) is 0 Å². The first-order chi connectivity index (χ1) is 5.99. The van der Waals surface area contributed by atoms with Crippen LogP contribution < -0.4 is 5.32 Å². The van der Waals surface area contributed by atoms with E-state index in [1.54, 1.807) is 0 Å². The number of aryl methyl sites for hydroxylation is 1. The highest BCUT2D eigenvalue weighted by atomic mass is 15.3. The summed E-state index contributed by atoms with van der Waals surface area (Å²) in [4.78, 5) is 0. The fourth-order valence-corrected chi connectivity index (χ4v) is 1.47. The lowest BCUT2D eigenvalue weighted by atomic mass is 10.1. The zero-order chi connectivity index (χ0) is 10.1. The van der Waals surface area contributed by atoms with Crippen LogP contribution in [0.15, 0.2) is 0 Å². The van der Waals surface area contributed by atoms with Gasteiger partial charge in [0, 0.05) is 7.05 Å². The van der Waals surface area contributed by atoms with Gasteiger partial charge in [0.1, 0.15) is 5.82 Å². The molecule has 0 atom stereocenters. The molecular formula is C9H18N4. The van der Waals surface area contributed by atoms with Crippen LogP contribution in [-0.4, -0.2) is 21.3 Å². The highest BCUT2D eigenvalue weighted by Crippen LogP contribution is 2.17. The highest BCUT2D eigenvalue weighted by molar-refractivity contribution is 5.04. The summed E-state index contributed by atoms with van der Waals surface area (Å²) >= 11 is 0. The molecule has 74 valence electrons. The molecule has 0 amide bonds. The van der Waals surface area contributed by atoms with Crippen molar-refractivity contribution in [1.29, 1.82) is 0 Å². The van der Waals surface area contributed by atoms with Crippen molar-refractivity contribution in [1.82, 2.24) is 20.1 Å². The van der Waals surface area contributed by atoms with Crippen LogP contribution in [0.1, 0.15) is 32.4 Å². The molecule has 0 aliphatic heterocycles. The maximum atomic E-state index is 4.16. The van der Waals surface area contributed by atoms with E-state index in [1.807, 2.05) is 18.5 Å². The summed E-state index contributed by atoms with van der Waals surface area (Å²) in [5, 5.41) is 11.6. The number of nitrogens with zero attached hydrogens (tertiary/aromatic N) is 3. The van der Waals surface area contributed by atoms with E-state index in [0.29, 0.717) is 0 Å². The Labute approximate surface area is 79.4 Å². The van der Waals surface area contributed by atoms with Gasteiger partial charge in [0.05, 0.1) is 5.54 Å². The van der Waals surface area contributed by atoms with Gasteiger partial charge in [-0.15, -0.1) is 10.2 Å². The fraction of sp³-hybridized carbons (Fsp3) is 0.778. The molecule has 1 aromatic heterocycles. The quantitative estimate of drug-likeness (QED) is 0.757. The minimum Gasteiger partial charge on any atom is -0.317 e. The summed E-state index contributed by atoms with van der Waals surface area (Å²) < 4.78 is 2.02. The van der Waals surface area contributed by atoms with Crippen molar-refractivity contribution < 1.29 is 0 Å². The van der Waals surface area contributed by atoms with Crippen LogP contribution >= 0.6 is 0 Å². The molecule has 0 saturated carbocycles. The largest absolute Gasteiger partial charge is 0.317 e. The van der Waals surface area contributed by atoms with E-state index in [2.05, 4.69) is 36.3 Å². The minimum atomic E-state index is -0.106. The Bertz CT molecular complexity index is 288. The molecule has 1 N–H and O–H groups in total. The summed E-state index contributed by atoms with van der Waals surface area (Å²) in [6, 6.07) is 0. The molecule has 4 heteroatoms. The summed E-state index contributed by atoms with van der Waals surface area (Å²) in [6.07, 6.45) is 0. The van der Waals surface area contributed by atoms with Gasteiger partial charge in [0.15, 0.2) is 5.82 Å². The van der Waals surface area contributed by atoms with E-state index in [4.69, 9.17) is 0 Å². The second-order valence-electron chi connectivity index (χ2n) is 3.79. The van der Waals surface area contributed by atoms with E-state index in [0.717, 1.165) is 18.2 Å². The van der Waals surface area contributed by atoms with E-state index < -0.39 is 0 Å². The Balaban J connectivity index is 2.99. The third-order valence-corrected chi connectivity index (χ3v) is 2.27. The zero-order valence-electron chi connectivity index (χ0n) is 9.05.